The van der Waals surface area contributed by atoms with Gasteiger partial charge < -0.3 is 18.9 Å². The number of hydrogen-bond donors (Lipinski definition) is 0. The number of rotatable bonds is 5. The average Bonchev–Trinajstić information content (AvgIpc) is 3.38. The molecule has 3 aliphatic rings. The third kappa shape index (κ3) is 5.44. The minimum absolute atomic E-state index is 0.0785. The molecule has 0 unspecified atom stereocenters. The maximum Gasteiger partial charge on any atom is 0.495 e. The summed E-state index contributed by atoms with van der Waals surface area (Å²) in [4.78, 5) is 17.3. The van der Waals surface area contributed by atoms with Crippen LogP contribution in [0, 0.1) is 10.5 Å². The van der Waals surface area contributed by atoms with Crippen molar-refractivity contribution in [3.05, 3.63) is 86.5 Å². The van der Waals surface area contributed by atoms with Crippen molar-refractivity contribution in [1.29, 1.82) is 0 Å². The van der Waals surface area contributed by atoms with E-state index in [1.165, 1.54) is 37.0 Å². The molecule has 6 nitrogen and oxygen atoms in total. The molecule has 6 rings (SSSR count). The van der Waals surface area contributed by atoms with Crippen molar-refractivity contribution < 1.29 is 18.8 Å². The quantitative estimate of drug-likeness (QED) is 0.249. The number of hydrogen-bond acceptors (Lipinski definition) is 5. The summed E-state index contributed by atoms with van der Waals surface area (Å²) in [5.74, 6) is 0.0785. The summed E-state index contributed by atoms with van der Waals surface area (Å²) in [6.45, 7) is 14.6. The molecule has 0 N–H and O–H groups in total. The van der Waals surface area contributed by atoms with Crippen LogP contribution in [0.25, 0.3) is 11.1 Å². The van der Waals surface area contributed by atoms with Gasteiger partial charge in [-0.1, -0.05) is 54.6 Å². The van der Waals surface area contributed by atoms with Crippen LogP contribution < -0.4 is 5.46 Å². The highest BCUT2D eigenvalue weighted by atomic mass is 127. The molecule has 1 amide bonds. The molecule has 2 aliphatic heterocycles. The van der Waals surface area contributed by atoms with Gasteiger partial charge in [0.25, 0.3) is 0 Å². The highest BCUT2D eigenvalue weighted by Crippen LogP contribution is 2.44. The molecular formula is C33H38BIN2O4. The molecule has 2 saturated heterocycles. The van der Waals surface area contributed by atoms with Gasteiger partial charge >= 0.3 is 13.2 Å². The van der Waals surface area contributed by atoms with E-state index in [1.807, 2.05) is 4.90 Å². The van der Waals surface area contributed by atoms with E-state index < -0.39 is 0 Å². The first-order valence-electron chi connectivity index (χ1n) is 14.5. The molecule has 0 atom stereocenters. The Bertz CT molecular complexity index is 1410. The maximum atomic E-state index is 13.1. The fourth-order valence-electron chi connectivity index (χ4n) is 6.10. The molecule has 0 bridgehead atoms. The van der Waals surface area contributed by atoms with Crippen molar-refractivity contribution in [2.75, 3.05) is 32.8 Å². The summed E-state index contributed by atoms with van der Waals surface area (Å²) in [5.41, 5.74) is 7.74. The first-order valence-corrected chi connectivity index (χ1v) is 15.6. The lowest BCUT2D eigenvalue weighted by molar-refractivity contribution is 0.00578. The van der Waals surface area contributed by atoms with Gasteiger partial charge in [0.1, 0.15) is 6.61 Å². The van der Waals surface area contributed by atoms with Crippen LogP contribution in [0.5, 0.6) is 0 Å². The molecule has 0 saturated carbocycles. The van der Waals surface area contributed by atoms with E-state index in [9.17, 15) is 4.79 Å². The first-order chi connectivity index (χ1) is 19.5. The van der Waals surface area contributed by atoms with Gasteiger partial charge in [0.2, 0.25) is 0 Å². The Labute approximate surface area is 257 Å². The third-order valence-electron chi connectivity index (χ3n) is 9.32. The zero-order valence-corrected chi connectivity index (χ0v) is 26.7. The third-order valence-corrected chi connectivity index (χ3v) is 10.4. The smallest absolute Gasteiger partial charge is 0.448 e. The van der Waals surface area contributed by atoms with Crippen LogP contribution in [0.15, 0.2) is 60.7 Å². The van der Waals surface area contributed by atoms with Gasteiger partial charge in [-0.2, -0.15) is 0 Å². The number of benzene rings is 3. The molecule has 1 aliphatic carbocycles. The van der Waals surface area contributed by atoms with E-state index in [0.29, 0.717) is 19.7 Å². The highest BCUT2D eigenvalue weighted by Gasteiger charge is 2.52. The second-order valence-electron chi connectivity index (χ2n) is 12.4. The first kappa shape index (κ1) is 28.7. The SMILES string of the molecule is Cc1c(I)cc(CN2CCN(C(=O)OCC3c4ccccc4-c4ccccc43)CC2)cc1B1OC(C)(C)C(C)(C)O1. The minimum atomic E-state index is -0.376. The van der Waals surface area contributed by atoms with Crippen LogP contribution in [0.3, 0.4) is 0 Å². The lowest BCUT2D eigenvalue weighted by atomic mass is 9.75. The normalized spacial score (nSPS) is 19.8. The average molecular weight is 664 g/mol. The Morgan fingerprint density at radius 2 is 1.49 bits per heavy atom. The summed E-state index contributed by atoms with van der Waals surface area (Å²) in [5, 5.41) is 0. The molecule has 214 valence electrons. The summed E-state index contributed by atoms with van der Waals surface area (Å²) in [6.07, 6.45) is -0.223. The summed E-state index contributed by atoms with van der Waals surface area (Å²) in [7, 11) is -0.376. The van der Waals surface area contributed by atoms with E-state index in [2.05, 4.69) is 123 Å². The number of carbonyl (C=O) groups is 1. The van der Waals surface area contributed by atoms with E-state index in [1.54, 1.807) is 0 Å². The molecule has 2 heterocycles. The van der Waals surface area contributed by atoms with E-state index in [4.69, 9.17) is 14.0 Å². The van der Waals surface area contributed by atoms with Crippen LogP contribution in [-0.4, -0.2) is 67.0 Å². The van der Waals surface area contributed by atoms with Crippen LogP contribution in [0.4, 0.5) is 4.79 Å². The maximum absolute atomic E-state index is 13.1. The van der Waals surface area contributed by atoms with Crippen molar-refractivity contribution in [2.45, 2.75) is 58.3 Å². The van der Waals surface area contributed by atoms with Gasteiger partial charge in [-0.3, -0.25) is 4.90 Å². The second kappa shape index (κ2) is 11.0. The molecule has 3 aromatic rings. The molecular weight excluding hydrogens is 626 g/mol. The van der Waals surface area contributed by atoms with Crippen molar-refractivity contribution in [1.82, 2.24) is 9.80 Å². The fourth-order valence-corrected chi connectivity index (χ4v) is 6.81. The standard InChI is InChI=1S/C33H38BIN2O4/c1-22-29(34-40-32(2,3)33(4,5)41-34)18-23(19-30(22)35)20-36-14-16-37(17-15-36)31(38)39-21-28-26-12-8-6-10-24(26)25-11-7-9-13-27(25)28/h6-13,18-19,28H,14-17,20-21H2,1-5H3. The van der Waals surface area contributed by atoms with E-state index >= 15 is 0 Å². The number of nitrogens with zero attached hydrogens (tertiary/aromatic N) is 2. The zero-order valence-electron chi connectivity index (χ0n) is 24.6. The molecule has 0 spiro atoms. The Kier molecular flexibility index (Phi) is 7.72. The van der Waals surface area contributed by atoms with Gasteiger partial charge in [-0.25, -0.2) is 4.79 Å². The predicted molar refractivity (Wildman–Crippen MR) is 172 cm³/mol. The number of piperazine rings is 1. The van der Waals surface area contributed by atoms with Gasteiger partial charge in [0, 0.05) is 42.2 Å². The Morgan fingerprint density at radius 1 is 0.927 bits per heavy atom. The molecule has 3 aromatic carbocycles. The van der Waals surface area contributed by atoms with Gasteiger partial charge in [-0.15, -0.1) is 0 Å². The number of carbonyl (C=O) groups excluding carboxylic acids is 1. The molecule has 41 heavy (non-hydrogen) atoms. The summed E-state index contributed by atoms with van der Waals surface area (Å²) >= 11 is 2.41. The molecule has 0 radical (unpaired) electrons. The summed E-state index contributed by atoms with van der Waals surface area (Å²) < 4.78 is 19.9. The number of fused-ring (bicyclic) bond motifs is 3. The van der Waals surface area contributed by atoms with E-state index in [-0.39, 0.29) is 30.3 Å². The molecule has 0 aromatic heterocycles. The fraction of sp³-hybridized carbons (Fsp3) is 0.424. The summed E-state index contributed by atoms with van der Waals surface area (Å²) in [6, 6.07) is 21.4. The van der Waals surface area contributed by atoms with Crippen LogP contribution in [0.2, 0.25) is 0 Å². The highest BCUT2D eigenvalue weighted by molar-refractivity contribution is 14.1. The Morgan fingerprint density at radius 3 is 2.07 bits per heavy atom. The number of amides is 1. The van der Waals surface area contributed by atoms with Gasteiger partial charge in [-0.05, 0) is 102 Å². The van der Waals surface area contributed by atoms with Crippen molar-refractivity contribution in [3.63, 3.8) is 0 Å². The van der Waals surface area contributed by atoms with E-state index in [0.717, 1.165) is 25.1 Å². The van der Waals surface area contributed by atoms with Crippen LogP contribution >= 0.6 is 22.6 Å². The Balaban J connectivity index is 1.06. The molecule has 2 fully saturated rings. The zero-order chi connectivity index (χ0) is 28.9. The number of halogens is 1. The Hall–Kier alpha value is -2.40. The van der Waals surface area contributed by atoms with Crippen molar-refractivity contribution in [3.8, 4) is 11.1 Å². The lowest BCUT2D eigenvalue weighted by Crippen LogP contribution is -2.48. The minimum Gasteiger partial charge on any atom is -0.448 e. The number of ether oxygens (including phenoxy) is 1. The monoisotopic (exact) mass is 664 g/mol. The van der Waals surface area contributed by atoms with Crippen molar-refractivity contribution in [2.24, 2.45) is 0 Å². The topological polar surface area (TPSA) is 51.2 Å². The predicted octanol–water partition coefficient (Wildman–Crippen LogP) is 5.97. The van der Waals surface area contributed by atoms with Gasteiger partial charge in [0.05, 0.1) is 11.2 Å². The molecule has 8 heteroatoms. The second-order valence-corrected chi connectivity index (χ2v) is 13.6. The lowest BCUT2D eigenvalue weighted by Gasteiger charge is -2.34. The van der Waals surface area contributed by atoms with Crippen LogP contribution in [0.1, 0.15) is 55.9 Å². The van der Waals surface area contributed by atoms with Crippen molar-refractivity contribution >= 4 is 41.3 Å². The largest absolute Gasteiger partial charge is 0.495 e. The van der Waals surface area contributed by atoms with Gasteiger partial charge in [0.15, 0.2) is 0 Å². The van der Waals surface area contributed by atoms with Crippen LogP contribution in [-0.2, 0) is 20.6 Å².